The molecule has 0 unspecified atom stereocenters. The van der Waals surface area contributed by atoms with Crippen molar-refractivity contribution in [3.8, 4) is 0 Å². The normalized spacial score (nSPS) is 12.1. The van der Waals surface area contributed by atoms with Gasteiger partial charge in [-0.15, -0.1) is 0 Å². The fourth-order valence-electron chi connectivity index (χ4n) is 1.90. The van der Waals surface area contributed by atoms with Crippen molar-refractivity contribution < 1.29 is 9.53 Å². The molecule has 0 heterocycles. The van der Waals surface area contributed by atoms with Gasteiger partial charge in [0, 0.05) is 17.6 Å². The summed E-state index contributed by atoms with van der Waals surface area (Å²) < 4.78 is 4.71. The summed E-state index contributed by atoms with van der Waals surface area (Å²) in [6, 6.07) is 13.3. The van der Waals surface area contributed by atoms with E-state index in [1.54, 1.807) is 0 Å². The number of nitrogens with two attached hydrogens (primary N) is 1. The summed E-state index contributed by atoms with van der Waals surface area (Å²) in [6.45, 7) is 0.190. The SMILES string of the molecule is COC(=O)[C@H](CN)Nc1cccc2ccccc12. The Morgan fingerprint density at radius 1 is 1.28 bits per heavy atom. The number of hydrogen-bond acceptors (Lipinski definition) is 4. The Labute approximate surface area is 106 Å². The van der Waals surface area contributed by atoms with Crippen LogP contribution in [0, 0.1) is 0 Å². The first-order valence-electron chi connectivity index (χ1n) is 5.78. The Kier molecular flexibility index (Phi) is 3.79. The minimum absolute atomic E-state index is 0.190. The summed E-state index contributed by atoms with van der Waals surface area (Å²) in [4.78, 5) is 11.5. The lowest BCUT2D eigenvalue weighted by atomic mass is 10.1. The van der Waals surface area contributed by atoms with Gasteiger partial charge in [0.1, 0.15) is 6.04 Å². The Balaban J connectivity index is 2.33. The Morgan fingerprint density at radius 2 is 2.00 bits per heavy atom. The summed E-state index contributed by atoms with van der Waals surface area (Å²) in [7, 11) is 1.36. The number of carbonyl (C=O) groups excluding carboxylic acids is 1. The van der Waals surface area contributed by atoms with Gasteiger partial charge in [-0.2, -0.15) is 0 Å². The van der Waals surface area contributed by atoms with Crippen molar-refractivity contribution in [2.24, 2.45) is 5.73 Å². The molecule has 0 saturated heterocycles. The van der Waals surface area contributed by atoms with Crippen molar-refractivity contribution in [2.45, 2.75) is 6.04 Å². The molecule has 0 radical (unpaired) electrons. The third-order valence-electron chi connectivity index (χ3n) is 2.84. The largest absolute Gasteiger partial charge is 0.467 e. The third-order valence-corrected chi connectivity index (χ3v) is 2.84. The van der Waals surface area contributed by atoms with E-state index in [9.17, 15) is 4.79 Å². The van der Waals surface area contributed by atoms with Gasteiger partial charge >= 0.3 is 5.97 Å². The first-order valence-corrected chi connectivity index (χ1v) is 5.78. The molecular formula is C14H16N2O2. The van der Waals surface area contributed by atoms with Crippen LogP contribution in [0.25, 0.3) is 10.8 Å². The molecule has 0 bridgehead atoms. The van der Waals surface area contributed by atoms with Gasteiger partial charge in [-0.25, -0.2) is 4.79 Å². The van der Waals surface area contributed by atoms with Crippen molar-refractivity contribution in [3.05, 3.63) is 42.5 Å². The van der Waals surface area contributed by atoms with E-state index in [0.717, 1.165) is 16.5 Å². The highest BCUT2D eigenvalue weighted by Crippen LogP contribution is 2.23. The van der Waals surface area contributed by atoms with Crippen molar-refractivity contribution >= 4 is 22.4 Å². The molecule has 94 valence electrons. The molecule has 0 fully saturated rings. The van der Waals surface area contributed by atoms with Crippen LogP contribution in [-0.4, -0.2) is 25.7 Å². The zero-order valence-corrected chi connectivity index (χ0v) is 10.2. The number of nitrogens with one attached hydrogen (secondary N) is 1. The molecule has 4 nitrogen and oxygen atoms in total. The smallest absolute Gasteiger partial charge is 0.329 e. The van der Waals surface area contributed by atoms with Crippen molar-refractivity contribution in [3.63, 3.8) is 0 Å². The lowest BCUT2D eigenvalue weighted by Crippen LogP contribution is -2.37. The lowest BCUT2D eigenvalue weighted by molar-refractivity contribution is -0.141. The number of carbonyl (C=O) groups is 1. The molecule has 0 aromatic heterocycles. The Morgan fingerprint density at radius 3 is 2.72 bits per heavy atom. The Bertz CT molecular complexity index is 549. The number of anilines is 1. The van der Waals surface area contributed by atoms with E-state index in [1.165, 1.54) is 7.11 Å². The molecule has 2 rings (SSSR count). The van der Waals surface area contributed by atoms with Crippen LogP contribution in [0.3, 0.4) is 0 Å². The maximum absolute atomic E-state index is 11.5. The zero-order valence-electron chi connectivity index (χ0n) is 10.2. The van der Waals surface area contributed by atoms with Crippen LogP contribution in [0.2, 0.25) is 0 Å². The first kappa shape index (κ1) is 12.4. The van der Waals surface area contributed by atoms with E-state index in [1.807, 2.05) is 42.5 Å². The number of benzene rings is 2. The van der Waals surface area contributed by atoms with E-state index in [0.29, 0.717) is 0 Å². The highest BCUT2D eigenvalue weighted by atomic mass is 16.5. The zero-order chi connectivity index (χ0) is 13.0. The molecule has 4 heteroatoms. The predicted octanol–water partition coefficient (Wildman–Crippen LogP) is 1.75. The predicted molar refractivity (Wildman–Crippen MR) is 72.4 cm³/mol. The van der Waals surface area contributed by atoms with E-state index in [-0.39, 0.29) is 12.5 Å². The number of hydrogen-bond donors (Lipinski definition) is 2. The average molecular weight is 244 g/mol. The van der Waals surface area contributed by atoms with Gasteiger partial charge in [-0.3, -0.25) is 0 Å². The monoisotopic (exact) mass is 244 g/mol. The first-order chi connectivity index (χ1) is 8.76. The molecule has 0 spiro atoms. The second kappa shape index (κ2) is 5.51. The molecule has 1 atom stereocenters. The van der Waals surface area contributed by atoms with Gasteiger partial charge in [0.05, 0.1) is 7.11 Å². The number of rotatable bonds is 4. The molecule has 2 aromatic carbocycles. The molecular weight excluding hydrogens is 228 g/mol. The molecule has 2 aromatic rings. The van der Waals surface area contributed by atoms with Crippen molar-refractivity contribution in [2.75, 3.05) is 19.0 Å². The van der Waals surface area contributed by atoms with E-state index >= 15 is 0 Å². The van der Waals surface area contributed by atoms with Gasteiger partial charge in [-0.1, -0.05) is 36.4 Å². The topological polar surface area (TPSA) is 64.3 Å². The third kappa shape index (κ3) is 2.43. The van der Waals surface area contributed by atoms with Crippen LogP contribution < -0.4 is 11.1 Å². The quantitative estimate of drug-likeness (QED) is 0.804. The fourth-order valence-corrected chi connectivity index (χ4v) is 1.90. The van der Waals surface area contributed by atoms with E-state index in [4.69, 9.17) is 10.5 Å². The second-order valence-corrected chi connectivity index (χ2v) is 3.98. The highest BCUT2D eigenvalue weighted by molar-refractivity contribution is 5.95. The van der Waals surface area contributed by atoms with E-state index < -0.39 is 6.04 Å². The van der Waals surface area contributed by atoms with Crippen LogP contribution in [0.5, 0.6) is 0 Å². The standard InChI is InChI=1S/C14H16N2O2/c1-18-14(17)13(9-15)16-12-8-4-6-10-5-2-3-7-11(10)12/h2-8,13,16H,9,15H2,1H3/t13-/m0/s1. The van der Waals surface area contributed by atoms with Crippen molar-refractivity contribution in [1.29, 1.82) is 0 Å². The molecule has 0 amide bonds. The number of methoxy groups -OCH3 is 1. The molecule has 0 aliphatic carbocycles. The lowest BCUT2D eigenvalue weighted by Gasteiger charge is -2.17. The van der Waals surface area contributed by atoms with E-state index in [2.05, 4.69) is 5.32 Å². The minimum Gasteiger partial charge on any atom is -0.467 e. The van der Waals surface area contributed by atoms with Gasteiger partial charge in [0.25, 0.3) is 0 Å². The van der Waals surface area contributed by atoms with Gasteiger partial charge in [0.15, 0.2) is 0 Å². The summed E-state index contributed by atoms with van der Waals surface area (Å²) in [5.41, 5.74) is 6.46. The minimum atomic E-state index is -0.527. The number of esters is 1. The summed E-state index contributed by atoms with van der Waals surface area (Å²) >= 11 is 0. The molecule has 0 aliphatic heterocycles. The number of ether oxygens (including phenoxy) is 1. The summed E-state index contributed by atoms with van der Waals surface area (Å²) in [5, 5.41) is 5.29. The van der Waals surface area contributed by atoms with Gasteiger partial charge < -0.3 is 15.8 Å². The van der Waals surface area contributed by atoms with Gasteiger partial charge in [0.2, 0.25) is 0 Å². The summed E-state index contributed by atoms with van der Waals surface area (Å²) in [5.74, 6) is -0.356. The van der Waals surface area contributed by atoms with Crippen LogP contribution in [-0.2, 0) is 9.53 Å². The highest BCUT2D eigenvalue weighted by Gasteiger charge is 2.17. The maximum atomic E-state index is 11.5. The molecule has 18 heavy (non-hydrogen) atoms. The van der Waals surface area contributed by atoms with Crippen LogP contribution in [0.4, 0.5) is 5.69 Å². The molecule has 0 aliphatic rings. The number of fused-ring (bicyclic) bond motifs is 1. The van der Waals surface area contributed by atoms with Crippen LogP contribution >= 0.6 is 0 Å². The van der Waals surface area contributed by atoms with Crippen LogP contribution in [0.15, 0.2) is 42.5 Å². The average Bonchev–Trinajstić information content (AvgIpc) is 2.44. The van der Waals surface area contributed by atoms with Crippen molar-refractivity contribution in [1.82, 2.24) is 0 Å². The maximum Gasteiger partial charge on any atom is 0.329 e. The Hall–Kier alpha value is -2.07. The van der Waals surface area contributed by atoms with Gasteiger partial charge in [-0.05, 0) is 11.5 Å². The fraction of sp³-hybridized carbons (Fsp3) is 0.214. The molecule has 0 saturated carbocycles. The van der Waals surface area contributed by atoms with Crippen LogP contribution in [0.1, 0.15) is 0 Å². The second-order valence-electron chi connectivity index (χ2n) is 3.98. The summed E-state index contributed by atoms with van der Waals surface area (Å²) in [6.07, 6.45) is 0. The molecule has 3 N–H and O–H groups in total.